The number of nitrogens with zero attached hydrogens (tertiary/aromatic N) is 2. The van der Waals surface area contributed by atoms with Crippen molar-refractivity contribution in [2.75, 3.05) is 18.0 Å². The molecule has 5 nitrogen and oxygen atoms in total. The first kappa shape index (κ1) is 17.5. The van der Waals surface area contributed by atoms with Gasteiger partial charge in [0.05, 0.1) is 18.3 Å². The molecule has 0 aromatic heterocycles. The number of hydrogen-bond donors (Lipinski definition) is 1. The van der Waals surface area contributed by atoms with Crippen molar-refractivity contribution in [3.05, 3.63) is 23.8 Å². The lowest BCUT2D eigenvalue weighted by Gasteiger charge is -2.33. The monoisotopic (exact) mass is 349 g/mol. The summed E-state index contributed by atoms with van der Waals surface area (Å²) in [4.78, 5) is 14.2. The Morgan fingerprint density at radius 1 is 1.52 bits per heavy atom. The number of aryl methyl sites for hydroxylation is 1. The molecule has 1 amide bonds. The number of fused-ring (bicyclic) bond motifs is 1. The van der Waals surface area contributed by atoms with Crippen LogP contribution in [0.4, 0.5) is 14.5 Å². The van der Waals surface area contributed by atoms with Crippen molar-refractivity contribution in [2.45, 2.75) is 44.8 Å². The summed E-state index contributed by atoms with van der Waals surface area (Å²) in [5.74, 6) is -0.00583. The molecule has 1 aromatic carbocycles. The van der Waals surface area contributed by atoms with E-state index in [2.05, 4.69) is 16.1 Å². The van der Waals surface area contributed by atoms with Crippen LogP contribution in [-0.2, 0) is 11.2 Å². The van der Waals surface area contributed by atoms with Crippen LogP contribution in [0.25, 0.3) is 0 Å². The summed E-state index contributed by atoms with van der Waals surface area (Å²) in [7, 11) is 0. The normalized spacial score (nSPS) is 18.9. The third-order valence-corrected chi connectivity index (χ3v) is 4.85. The van der Waals surface area contributed by atoms with Crippen molar-refractivity contribution in [2.24, 2.45) is 5.92 Å². The van der Waals surface area contributed by atoms with Gasteiger partial charge in [0.1, 0.15) is 11.3 Å². The van der Waals surface area contributed by atoms with Crippen LogP contribution in [0.15, 0.2) is 18.2 Å². The van der Waals surface area contributed by atoms with Crippen molar-refractivity contribution in [3.8, 4) is 11.8 Å². The summed E-state index contributed by atoms with van der Waals surface area (Å²) >= 11 is 0. The fourth-order valence-corrected chi connectivity index (χ4v) is 3.43. The summed E-state index contributed by atoms with van der Waals surface area (Å²) in [5, 5.41) is 12.2. The van der Waals surface area contributed by atoms with E-state index < -0.39 is 12.2 Å². The van der Waals surface area contributed by atoms with E-state index in [0.29, 0.717) is 12.2 Å². The molecule has 1 aromatic rings. The molecule has 1 atom stereocenters. The molecule has 1 aliphatic carbocycles. The summed E-state index contributed by atoms with van der Waals surface area (Å²) in [5.41, 5.74) is 0.575. The Bertz CT molecular complexity index is 700. The van der Waals surface area contributed by atoms with Crippen LogP contribution in [0, 0.1) is 17.2 Å². The maximum atomic E-state index is 12.7. The van der Waals surface area contributed by atoms with Crippen LogP contribution in [0.1, 0.15) is 31.7 Å². The Morgan fingerprint density at radius 3 is 2.92 bits per heavy atom. The van der Waals surface area contributed by atoms with Crippen LogP contribution < -0.4 is 15.0 Å². The SMILES string of the molecule is C[C@@](C#N)(NC(=O)CN1CCCc2cccc(OC(F)F)c21)C1CC1. The molecule has 0 spiro atoms. The molecular formula is C18H21F2N3O2. The highest BCUT2D eigenvalue weighted by Gasteiger charge is 2.43. The Morgan fingerprint density at radius 2 is 2.28 bits per heavy atom. The van der Waals surface area contributed by atoms with Crippen LogP contribution in [0.5, 0.6) is 5.75 Å². The average molecular weight is 349 g/mol. The molecule has 0 unspecified atom stereocenters. The number of alkyl halides is 2. The number of nitrogens with one attached hydrogen (secondary N) is 1. The maximum absolute atomic E-state index is 12.7. The van der Waals surface area contributed by atoms with Gasteiger partial charge in [-0.2, -0.15) is 14.0 Å². The number of carbonyl (C=O) groups excluding carboxylic acids is 1. The molecule has 1 fully saturated rings. The Kier molecular flexibility index (Phi) is 4.80. The summed E-state index contributed by atoms with van der Waals surface area (Å²) in [6.07, 6.45) is 3.45. The number of ether oxygens (including phenoxy) is 1. The van der Waals surface area contributed by atoms with Gasteiger partial charge in [-0.3, -0.25) is 4.79 Å². The second kappa shape index (κ2) is 6.87. The topological polar surface area (TPSA) is 65.4 Å². The van der Waals surface area contributed by atoms with Gasteiger partial charge in [-0.05, 0) is 50.2 Å². The second-order valence-electron chi connectivity index (χ2n) is 6.80. The largest absolute Gasteiger partial charge is 0.433 e. The van der Waals surface area contributed by atoms with E-state index in [0.717, 1.165) is 31.2 Å². The van der Waals surface area contributed by atoms with Crippen molar-refractivity contribution < 1.29 is 18.3 Å². The van der Waals surface area contributed by atoms with E-state index in [1.807, 2.05) is 6.07 Å². The predicted molar refractivity (Wildman–Crippen MR) is 88.5 cm³/mol. The number of halogens is 2. The van der Waals surface area contributed by atoms with Crippen LogP contribution in [-0.4, -0.2) is 31.1 Å². The van der Waals surface area contributed by atoms with Crippen LogP contribution >= 0.6 is 0 Å². The van der Waals surface area contributed by atoms with E-state index in [-0.39, 0.29) is 24.1 Å². The molecule has 1 saturated carbocycles. The minimum atomic E-state index is -2.92. The highest BCUT2D eigenvalue weighted by molar-refractivity contribution is 5.84. The van der Waals surface area contributed by atoms with Gasteiger partial charge in [0.2, 0.25) is 5.91 Å². The first-order chi connectivity index (χ1) is 11.9. The standard InChI is InChI=1S/C18H21F2N3O2/c1-18(11-21,13-7-8-13)22-15(24)10-23-9-3-5-12-4-2-6-14(16(12)23)25-17(19)20/h2,4,6,13,17H,3,5,7-10H2,1H3,(H,22,24)/t18-/m0/s1. The lowest BCUT2D eigenvalue weighted by Crippen LogP contribution is -2.50. The Hall–Kier alpha value is -2.36. The van der Waals surface area contributed by atoms with E-state index in [1.54, 1.807) is 17.9 Å². The first-order valence-electron chi connectivity index (χ1n) is 8.47. The van der Waals surface area contributed by atoms with Crippen LogP contribution in [0.2, 0.25) is 0 Å². The van der Waals surface area contributed by atoms with Crippen molar-refractivity contribution in [3.63, 3.8) is 0 Å². The second-order valence-corrected chi connectivity index (χ2v) is 6.80. The third-order valence-electron chi connectivity index (χ3n) is 4.85. The zero-order chi connectivity index (χ0) is 18.0. The highest BCUT2D eigenvalue weighted by atomic mass is 19.3. The third kappa shape index (κ3) is 3.84. The van der Waals surface area contributed by atoms with Crippen LogP contribution in [0.3, 0.4) is 0 Å². The number of anilines is 1. The molecule has 1 aliphatic heterocycles. The zero-order valence-electron chi connectivity index (χ0n) is 14.1. The van der Waals surface area contributed by atoms with E-state index in [9.17, 15) is 18.8 Å². The molecule has 1 heterocycles. The predicted octanol–water partition coefficient (Wildman–Crippen LogP) is 2.85. The lowest BCUT2D eigenvalue weighted by molar-refractivity contribution is -0.121. The molecular weight excluding hydrogens is 328 g/mol. The number of rotatable bonds is 6. The maximum Gasteiger partial charge on any atom is 0.387 e. The minimum absolute atomic E-state index is 0.0145. The highest BCUT2D eigenvalue weighted by Crippen LogP contribution is 2.40. The Labute approximate surface area is 145 Å². The summed E-state index contributed by atoms with van der Waals surface area (Å²) < 4.78 is 30.0. The van der Waals surface area contributed by atoms with Gasteiger partial charge in [-0.25, -0.2) is 0 Å². The Balaban J connectivity index is 1.76. The molecule has 1 N–H and O–H groups in total. The molecule has 3 rings (SSSR count). The molecule has 2 aliphatic rings. The number of amides is 1. The molecule has 0 radical (unpaired) electrons. The average Bonchev–Trinajstić information content (AvgIpc) is 3.40. The van der Waals surface area contributed by atoms with Crippen molar-refractivity contribution in [1.82, 2.24) is 5.32 Å². The summed E-state index contributed by atoms with van der Waals surface area (Å²) in [6, 6.07) is 7.22. The van der Waals surface area contributed by atoms with Gasteiger partial charge in [0, 0.05) is 6.54 Å². The van der Waals surface area contributed by atoms with E-state index >= 15 is 0 Å². The fraction of sp³-hybridized carbons (Fsp3) is 0.556. The molecule has 25 heavy (non-hydrogen) atoms. The zero-order valence-corrected chi connectivity index (χ0v) is 14.1. The van der Waals surface area contributed by atoms with Gasteiger partial charge in [-0.15, -0.1) is 0 Å². The van der Waals surface area contributed by atoms with Gasteiger partial charge >= 0.3 is 6.61 Å². The molecule has 134 valence electrons. The number of benzene rings is 1. The number of carbonyl (C=O) groups is 1. The number of nitriles is 1. The van der Waals surface area contributed by atoms with Crippen molar-refractivity contribution >= 4 is 11.6 Å². The molecule has 0 bridgehead atoms. The minimum Gasteiger partial charge on any atom is -0.433 e. The van der Waals surface area contributed by atoms with Gasteiger partial charge in [0.25, 0.3) is 0 Å². The van der Waals surface area contributed by atoms with Crippen molar-refractivity contribution in [1.29, 1.82) is 5.26 Å². The fourth-order valence-electron chi connectivity index (χ4n) is 3.43. The first-order valence-corrected chi connectivity index (χ1v) is 8.47. The number of hydrogen-bond acceptors (Lipinski definition) is 4. The van der Waals surface area contributed by atoms with E-state index in [4.69, 9.17) is 0 Å². The number of para-hydroxylation sites is 1. The van der Waals surface area contributed by atoms with Gasteiger partial charge in [-0.1, -0.05) is 12.1 Å². The lowest BCUT2D eigenvalue weighted by atomic mass is 9.97. The molecule has 0 saturated heterocycles. The summed E-state index contributed by atoms with van der Waals surface area (Å²) in [6.45, 7) is -0.587. The smallest absolute Gasteiger partial charge is 0.387 e. The van der Waals surface area contributed by atoms with E-state index in [1.165, 1.54) is 6.07 Å². The molecule has 7 heteroatoms. The van der Waals surface area contributed by atoms with Gasteiger partial charge in [0.15, 0.2) is 0 Å². The quantitative estimate of drug-likeness (QED) is 0.858. The van der Waals surface area contributed by atoms with Gasteiger partial charge < -0.3 is 15.0 Å².